The van der Waals surface area contributed by atoms with E-state index < -0.39 is 24.0 Å². The number of carbonyl (C=O) groups excluding carboxylic acids is 1. The molecule has 4 nitrogen and oxygen atoms in total. The summed E-state index contributed by atoms with van der Waals surface area (Å²) in [6.07, 6.45) is -0.722. The van der Waals surface area contributed by atoms with E-state index >= 15 is 0 Å². The number of cyclic esters (lactones) is 1. The highest BCUT2D eigenvalue weighted by molar-refractivity contribution is 5.82. The molecule has 0 unspecified atom stereocenters. The molecule has 0 spiro atoms. The second-order valence-corrected chi connectivity index (χ2v) is 5.93. The van der Waals surface area contributed by atoms with Crippen molar-refractivity contribution in [2.24, 2.45) is 5.92 Å². The van der Waals surface area contributed by atoms with Crippen molar-refractivity contribution in [3.8, 4) is 0 Å². The van der Waals surface area contributed by atoms with Gasteiger partial charge in [-0.1, -0.05) is 45.0 Å². The van der Waals surface area contributed by atoms with Crippen molar-refractivity contribution in [1.29, 1.82) is 0 Å². The highest BCUT2D eigenvalue weighted by Gasteiger charge is 2.40. The predicted molar refractivity (Wildman–Crippen MR) is 69.7 cm³/mol. The molecule has 1 aliphatic rings. The molecule has 2 atom stereocenters. The zero-order chi connectivity index (χ0) is 14.2. The van der Waals surface area contributed by atoms with Gasteiger partial charge in [-0.2, -0.15) is 0 Å². The second kappa shape index (κ2) is 4.68. The highest BCUT2D eigenvalue weighted by Crippen LogP contribution is 2.36. The first-order chi connectivity index (χ1) is 8.79. The number of ether oxygens (including phenoxy) is 1. The molecule has 1 heterocycles. The summed E-state index contributed by atoms with van der Waals surface area (Å²) in [7, 11) is 0. The Labute approximate surface area is 112 Å². The Kier molecular flexibility index (Phi) is 3.35. The van der Waals surface area contributed by atoms with Crippen LogP contribution in [0.2, 0.25) is 0 Å². The third-order valence-corrected chi connectivity index (χ3v) is 3.43. The number of carboxylic acid groups (broad SMARTS) is 1. The number of hydrogen-bond donors (Lipinski definition) is 1. The quantitative estimate of drug-likeness (QED) is 0.832. The maximum absolute atomic E-state index is 11.3. The van der Waals surface area contributed by atoms with Crippen LogP contribution in [0.5, 0.6) is 0 Å². The number of carboxylic acids is 1. The van der Waals surface area contributed by atoms with Crippen molar-refractivity contribution >= 4 is 11.9 Å². The summed E-state index contributed by atoms with van der Waals surface area (Å²) >= 11 is 0. The lowest BCUT2D eigenvalue weighted by molar-refractivity contribution is -0.144. The van der Waals surface area contributed by atoms with Crippen LogP contribution in [-0.2, 0) is 19.7 Å². The van der Waals surface area contributed by atoms with Gasteiger partial charge in [0.15, 0.2) is 0 Å². The second-order valence-electron chi connectivity index (χ2n) is 5.93. The lowest BCUT2D eigenvalue weighted by Gasteiger charge is -2.20. The van der Waals surface area contributed by atoms with E-state index in [1.807, 2.05) is 24.3 Å². The van der Waals surface area contributed by atoms with Crippen molar-refractivity contribution in [2.45, 2.75) is 38.7 Å². The molecule has 1 fully saturated rings. The van der Waals surface area contributed by atoms with Crippen LogP contribution in [0.3, 0.4) is 0 Å². The Morgan fingerprint density at radius 2 is 1.84 bits per heavy atom. The Balaban J connectivity index is 2.27. The van der Waals surface area contributed by atoms with Crippen molar-refractivity contribution in [2.75, 3.05) is 0 Å². The monoisotopic (exact) mass is 262 g/mol. The molecule has 0 radical (unpaired) electrons. The number of hydrogen-bond acceptors (Lipinski definition) is 3. The lowest BCUT2D eigenvalue weighted by atomic mass is 9.85. The molecule has 102 valence electrons. The molecule has 1 saturated heterocycles. The highest BCUT2D eigenvalue weighted by atomic mass is 16.6. The molecule has 2 rings (SSSR count). The summed E-state index contributed by atoms with van der Waals surface area (Å²) in [6, 6.07) is 7.61. The molecule has 0 aromatic heterocycles. The molecule has 1 aromatic carbocycles. The van der Waals surface area contributed by atoms with Crippen LogP contribution in [0.15, 0.2) is 24.3 Å². The van der Waals surface area contributed by atoms with E-state index in [-0.39, 0.29) is 11.8 Å². The molecule has 0 saturated carbocycles. The summed E-state index contributed by atoms with van der Waals surface area (Å²) in [5, 5.41) is 9.11. The van der Waals surface area contributed by atoms with E-state index in [4.69, 9.17) is 9.84 Å². The van der Waals surface area contributed by atoms with Crippen LogP contribution in [0.25, 0.3) is 0 Å². The SMILES string of the molecule is CC(C)(C)c1ccc([C@@H]2OC(=O)C[C@H]2C(=O)O)cc1. The Morgan fingerprint density at radius 1 is 1.26 bits per heavy atom. The normalized spacial score (nSPS) is 23.2. The summed E-state index contributed by atoms with van der Waals surface area (Å²) < 4.78 is 5.13. The predicted octanol–water partition coefficient (Wildman–Crippen LogP) is 2.67. The molecule has 0 aliphatic carbocycles. The number of rotatable bonds is 2. The fraction of sp³-hybridized carbons (Fsp3) is 0.467. The Morgan fingerprint density at radius 3 is 2.32 bits per heavy atom. The average Bonchev–Trinajstić information content (AvgIpc) is 2.70. The first kappa shape index (κ1) is 13.6. The summed E-state index contributed by atoms with van der Waals surface area (Å²) in [6.45, 7) is 6.33. The smallest absolute Gasteiger partial charge is 0.311 e. The van der Waals surface area contributed by atoms with Gasteiger partial charge in [0.05, 0.1) is 6.42 Å². The van der Waals surface area contributed by atoms with Gasteiger partial charge in [0.1, 0.15) is 12.0 Å². The molecule has 4 heteroatoms. The third-order valence-electron chi connectivity index (χ3n) is 3.43. The number of carbonyl (C=O) groups is 2. The van der Waals surface area contributed by atoms with Crippen molar-refractivity contribution in [1.82, 2.24) is 0 Å². The van der Waals surface area contributed by atoms with Gasteiger partial charge >= 0.3 is 11.9 Å². The van der Waals surface area contributed by atoms with Crippen LogP contribution in [-0.4, -0.2) is 17.0 Å². The minimum absolute atomic E-state index is 0.0388. The van der Waals surface area contributed by atoms with E-state index in [9.17, 15) is 9.59 Å². The van der Waals surface area contributed by atoms with Gasteiger partial charge in [-0.3, -0.25) is 9.59 Å². The van der Waals surface area contributed by atoms with Crippen LogP contribution in [0.4, 0.5) is 0 Å². The molecule has 1 N–H and O–H groups in total. The van der Waals surface area contributed by atoms with Crippen LogP contribution in [0.1, 0.15) is 44.4 Å². The number of esters is 1. The van der Waals surface area contributed by atoms with Crippen LogP contribution in [0, 0.1) is 5.92 Å². The maximum Gasteiger partial charge on any atom is 0.311 e. The fourth-order valence-corrected chi connectivity index (χ4v) is 2.25. The first-order valence-electron chi connectivity index (χ1n) is 6.32. The topological polar surface area (TPSA) is 63.6 Å². The average molecular weight is 262 g/mol. The van der Waals surface area contributed by atoms with E-state index in [1.165, 1.54) is 0 Å². The fourth-order valence-electron chi connectivity index (χ4n) is 2.25. The van der Waals surface area contributed by atoms with E-state index in [0.29, 0.717) is 0 Å². The zero-order valence-corrected chi connectivity index (χ0v) is 11.3. The van der Waals surface area contributed by atoms with E-state index in [0.717, 1.165) is 11.1 Å². The van der Waals surface area contributed by atoms with Gasteiger partial charge in [-0.05, 0) is 16.5 Å². The molecule has 0 bridgehead atoms. The molecule has 0 amide bonds. The minimum atomic E-state index is -0.990. The van der Waals surface area contributed by atoms with Crippen LogP contribution < -0.4 is 0 Å². The zero-order valence-electron chi connectivity index (χ0n) is 11.3. The largest absolute Gasteiger partial charge is 0.481 e. The Bertz CT molecular complexity index is 496. The van der Waals surface area contributed by atoms with E-state index in [2.05, 4.69) is 20.8 Å². The maximum atomic E-state index is 11.3. The molecular weight excluding hydrogens is 244 g/mol. The Hall–Kier alpha value is -1.84. The summed E-state index contributed by atoms with van der Waals surface area (Å²) in [5.41, 5.74) is 1.94. The first-order valence-corrected chi connectivity index (χ1v) is 6.32. The van der Waals surface area contributed by atoms with Gasteiger partial charge in [-0.25, -0.2) is 0 Å². The van der Waals surface area contributed by atoms with E-state index in [1.54, 1.807) is 0 Å². The molecule has 19 heavy (non-hydrogen) atoms. The number of aliphatic carboxylic acids is 1. The van der Waals surface area contributed by atoms with Gasteiger partial charge < -0.3 is 9.84 Å². The summed E-state index contributed by atoms with van der Waals surface area (Å²) in [4.78, 5) is 22.4. The molecule has 1 aliphatic heterocycles. The number of benzene rings is 1. The van der Waals surface area contributed by atoms with Gasteiger partial charge in [0.25, 0.3) is 0 Å². The van der Waals surface area contributed by atoms with Crippen LogP contribution >= 0.6 is 0 Å². The van der Waals surface area contributed by atoms with Gasteiger partial charge in [0.2, 0.25) is 0 Å². The minimum Gasteiger partial charge on any atom is -0.481 e. The van der Waals surface area contributed by atoms with Gasteiger partial charge in [0, 0.05) is 0 Å². The summed E-state index contributed by atoms with van der Waals surface area (Å²) in [5.74, 6) is -2.22. The molecule has 1 aromatic rings. The van der Waals surface area contributed by atoms with Crippen molar-refractivity contribution < 1.29 is 19.4 Å². The van der Waals surface area contributed by atoms with Crippen molar-refractivity contribution in [3.63, 3.8) is 0 Å². The third kappa shape index (κ3) is 2.78. The van der Waals surface area contributed by atoms with Crippen molar-refractivity contribution in [3.05, 3.63) is 35.4 Å². The molecular formula is C15H18O4. The lowest BCUT2D eigenvalue weighted by Crippen LogP contribution is -2.18. The standard InChI is InChI=1S/C15H18O4/c1-15(2,3)10-6-4-9(5-7-10)13-11(14(17)18)8-12(16)19-13/h4-7,11,13H,8H2,1-3H3,(H,17,18)/t11-,13+/m1/s1. The van der Waals surface area contributed by atoms with Gasteiger partial charge in [-0.15, -0.1) is 0 Å².